The summed E-state index contributed by atoms with van der Waals surface area (Å²) in [5, 5.41) is 12.1. The molecule has 0 spiro atoms. The molecule has 3 aromatic rings. The van der Waals surface area contributed by atoms with E-state index in [0.29, 0.717) is 49.6 Å². The number of hydrogen-bond donors (Lipinski definition) is 2. The number of anilines is 2. The molecule has 37 heavy (non-hydrogen) atoms. The van der Waals surface area contributed by atoms with E-state index >= 15 is 0 Å². The molecule has 0 radical (unpaired) electrons. The number of aliphatic hydroxyl groups excluding tert-OH is 1. The molecule has 3 heterocycles. The first-order chi connectivity index (χ1) is 17.6. The summed E-state index contributed by atoms with van der Waals surface area (Å²) in [6.07, 6.45) is -3.71. The van der Waals surface area contributed by atoms with Crippen LogP contribution in [0.25, 0.3) is 11.1 Å². The van der Waals surface area contributed by atoms with Crippen LogP contribution in [0.15, 0.2) is 61.0 Å². The third-order valence-electron chi connectivity index (χ3n) is 5.60. The zero-order chi connectivity index (χ0) is 26.6. The number of benzene rings is 1. The number of aromatic nitrogens is 2. The number of morpholine rings is 1. The molecule has 0 aliphatic carbocycles. The lowest BCUT2D eigenvalue weighted by molar-refractivity contribution is -0.141. The fourth-order valence-electron chi connectivity index (χ4n) is 3.77. The van der Waals surface area contributed by atoms with Gasteiger partial charge in [0.25, 0.3) is 5.91 Å². The van der Waals surface area contributed by atoms with E-state index in [9.17, 15) is 23.1 Å². The van der Waals surface area contributed by atoms with Gasteiger partial charge in [0, 0.05) is 30.5 Å². The molecule has 0 unspecified atom stereocenters. The molecule has 190 valence electrons. The summed E-state index contributed by atoms with van der Waals surface area (Å²) in [7, 11) is 0. The molecule has 0 bridgehead atoms. The first-order valence-corrected chi connectivity index (χ1v) is 11.3. The van der Waals surface area contributed by atoms with Gasteiger partial charge in [-0.2, -0.15) is 13.2 Å². The van der Waals surface area contributed by atoms with Gasteiger partial charge >= 0.3 is 6.18 Å². The Hall–Kier alpha value is -4.36. The molecule has 0 atom stereocenters. The molecule has 1 aliphatic rings. The van der Waals surface area contributed by atoms with Gasteiger partial charge in [-0.05, 0) is 78.4 Å². The van der Waals surface area contributed by atoms with E-state index in [1.54, 1.807) is 24.3 Å². The summed E-state index contributed by atoms with van der Waals surface area (Å²) < 4.78 is 44.4. The average molecular weight is 509 g/mol. The Morgan fingerprint density at radius 2 is 1.92 bits per heavy atom. The zero-order valence-corrected chi connectivity index (χ0v) is 19.9. The third kappa shape index (κ3) is 6.45. The number of aliphatic hydroxyl groups is 1. The zero-order valence-electron chi connectivity index (χ0n) is 19.9. The van der Waals surface area contributed by atoms with E-state index in [0.717, 1.165) is 22.9 Å². The van der Waals surface area contributed by atoms with Crippen molar-refractivity contribution in [1.29, 1.82) is 0 Å². The first-order valence-electron chi connectivity index (χ1n) is 11.3. The molecule has 0 saturated carbocycles. The SMILES string of the molecule is C=C(O)C#Cc1cc(-c2cc(NC(=O)c3ccnc(C(F)(F)F)c3)ccc2C)cc(N2CCOCC2)n1. The van der Waals surface area contributed by atoms with E-state index in [1.807, 2.05) is 13.0 Å². The molecule has 1 amide bonds. The fourth-order valence-corrected chi connectivity index (χ4v) is 3.77. The molecule has 10 heteroatoms. The number of allylic oxidation sites excluding steroid dienone is 1. The van der Waals surface area contributed by atoms with Gasteiger partial charge in [0.15, 0.2) is 5.76 Å². The second-order valence-corrected chi connectivity index (χ2v) is 8.31. The molecule has 1 aliphatic heterocycles. The highest BCUT2D eigenvalue weighted by atomic mass is 19.4. The number of nitrogens with one attached hydrogen (secondary N) is 1. The third-order valence-corrected chi connectivity index (χ3v) is 5.60. The van der Waals surface area contributed by atoms with Crippen LogP contribution in [0.2, 0.25) is 0 Å². The van der Waals surface area contributed by atoms with Crippen LogP contribution in [0.1, 0.15) is 27.3 Å². The van der Waals surface area contributed by atoms with Gasteiger partial charge in [-0.3, -0.25) is 9.78 Å². The van der Waals surface area contributed by atoms with Gasteiger partial charge in [-0.25, -0.2) is 4.98 Å². The average Bonchev–Trinajstić information content (AvgIpc) is 2.88. The number of aryl methyl sites for hydroxylation is 1. The van der Waals surface area contributed by atoms with Crippen LogP contribution in [0, 0.1) is 18.8 Å². The number of alkyl halides is 3. The molecule has 1 saturated heterocycles. The number of carbonyl (C=O) groups excluding carboxylic acids is 1. The number of halogens is 3. The lowest BCUT2D eigenvalue weighted by Crippen LogP contribution is -2.36. The molecule has 2 aromatic heterocycles. The number of amides is 1. The van der Waals surface area contributed by atoms with Crippen molar-refractivity contribution in [2.75, 3.05) is 36.5 Å². The maximum absolute atomic E-state index is 13.0. The van der Waals surface area contributed by atoms with Crippen molar-refractivity contribution in [2.24, 2.45) is 0 Å². The van der Waals surface area contributed by atoms with Crippen LogP contribution in [0.5, 0.6) is 0 Å². The molecule has 1 fully saturated rings. The first kappa shape index (κ1) is 25.7. The van der Waals surface area contributed by atoms with E-state index in [2.05, 4.69) is 38.6 Å². The van der Waals surface area contributed by atoms with Gasteiger partial charge in [-0.15, -0.1) is 0 Å². The summed E-state index contributed by atoms with van der Waals surface area (Å²) in [5.41, 5.74) is 1.94. The quantitative estimate of drug-likeness (QED) is 0.382. The number of carbonyl (C=O) groups is 1. The Morgan fingerprint density at radius 1 is 1.16 bits per heavy atom. The van der Waals surface area contributed by atoms with Crippen molar-refractivity contribution in [2.45, 2.75) is 13.1 Å². The Kier molecular flexibility index (Phi) is 7.45. The van der Waals surface area contributed by atoms with Crippen molar-refractivity contribution in [3.05, 3.63) is 83.5 Å². The largest absolute Gasteiger partial charge is 0.501 e. The minimum absolute atomic E-state index is 0.162. The topological polar surface area (TPSA) is 87.6 Å². The highest BCUT2D eigenvalue weighted by Gasteiger charge is 2.33. The summed E-state index contributed by atoms with van der Waals surface area (Å²) in [4.78, 5) is 22.7. The van der Waals surface area contributed by atoms with Crippen molar-refractivity contribution in [3.63, 3.8) is 0 Å². The maximum Gasteiger partial charge on any atom is 0.433 e. The number of hydrogen-bond acceptors (Lipinski definition) is 6. The van der Waals surface area contributed by atoms with Gasteiger partial charge in [0.05, 0.1) is 13.2 Å². The summed E-state index contributed by atoms with van der Waals surface area (Å²) in [5.74, 6) is 5.02. The lowest BCUT2D eigenvalue weighted by atomic mass is 9.99. The Morgan fingerprint density at radius 3 is 2.62 bits per heavy atom. The van der Waals surface area contributed by atoms with Gasteiger partial charge in [-0.1, -0.05) is 6.07 Å². The van der Waals surface area contributed by atoms with Crippen LogP contribution in [-0.2, 0) is 10.9 Å². The molecule has 1 aromatic carbocycles. The lowest BCUT2D eigenvalue weighted by Gasteiger charge is -2.28. The summed E-state index contributed by atoms with van der Waals surface area (Å²) >= 11 is 0. The number of rotatable bonds is 4. The smallest absolute Gasteiger partial charge is 0.433 e. The standard InChI is InChI=1S/C27H23F3N4O3/c1-17-3-5-22(33-26(36)19-7-8-31-24(14-19)27(28,29)30)16-23(17)20-13-21(6-4-18(2)35)32-25(15-20)34-9-11-37-12-10-34/h3,5,7-8,13-16,35H,2,9-12H2,1H3,(H,33,36). The number of pyridine rings is 2. The van der Waals surface area contributed by atoms with Crippen LogP contribution in [0.4, 0.5) is 24.7 Å². The summed E-state index contributed by atoms with van der Waals surface area (Å²) in [6.45, 7) is 7.70. The Bertz CT molecular complexity index is 1400. The number of ether oxygens (including phenoxy) is 1. The van der Waals surface area contributed by atoms with Crippen molar-refractivity contribution in [3.8, 4) is 23.0 Å². The van der Waals surface area contributed by atoms with E-state index in [4.69, 9.17) is 4.74 Å². The molecule has 2 N–H and O–H groups in total. The van der Waals surface area contributed by atoms with Crippen LogP contribution in [-0.4, -0.2) is 47.3 Å². The Labute approximate surface area is 211 Å². The van der Waals surface area contributed by atoms with Gasteiger partial charge < -0.3 is 20.1 Å². The minimum atomic E-state index is -4.66. The van der Waals surface area contributed by atoms with E-state index in [-0.39, 0.29) is 11.3 Å². The van der Waals surface area contributed by atoms with Crippen molar-refractivity contribution < 1.29 is 27.8 Å². The highest BCUT2D eigenvalue weighted by molar-refractivity contribution is 6.04. The van der Waals surface area contributed by atoms with Gasteiger partial charge in [0.2, 0.25) is 0 Å². The molecular formula is C27H23F3N4O3. The van der Waals surface area contributed by atoms with Crippen LogP contribution in [0.3, 0.4) is 0 Å². The fraction of sp³-hybridized carbons (Fsp3) is 0.222. The highest BCUT2D eigenvalue weighted by Crippen LogP contribution is 2.31. The van der Waals surface area contributed by atoms with E-state index in [1.165, 1.54) is 6.07 Å². The molecular weight excluding hydrogens is 485 g/mol. The van der Waals surface area contributed by atoms with E-state index < -0.39 is 17.8 Å². The monoisotopic (exact) mass is 508 g/mol. The van der Waals surface area contributed by atoms with Gasteiger partial charge in [0.1, 0.15) is 17.2 Å². The van der Waals surface area contributed by atoms with Crippen LogP contribution >= 0.6 is 0 Å². The Balaban J connectivity index is 1.68. The minimum Gasteiger partial charge on any atom is -0.501 e. The molecule has 4 rings (SSSR count). The summed E-state index contributed by atoms with van der Waals surface area (Å²) in [6, 6.07) is 10.8. The second kappa shape index (κ2) is 10.7. The van der Waals surface area contributed by atoms with Crippen LogP contribution < -0.4 is 10.2 Å². The predicted molar refractivity (Wildman–Crippen MR) is 133 cm³/mol. The predicted octanol–water partition coefficient (Wildman–Crippen LogP) is 4.98. The van der Waals surface area contributed by atoms with Crippen molar-refractivity contribution >= 4 is 17.4 Å². The van der Waals surface area contributed by atoms with Crippen molar-refractivity contribution in [1.82, 2.24) is 9.97 Å². The maximum atomic E-state index is 13.0. The second-order valence-electron chi connectivity index (χ2n) is 8.31. The molecule has 7 nitrogen and oxygen atoms in total. The number of nitrogens with zero attached hydrogens (tertiary/aromatic N) is 3. The normalized spacial score (nSPS) is 13.5.